The highest BCUT2D eigenvalue weighted by atomic mass is 19.3. The van der Waals surface area contributed by atoms with Crippen LogP contribution in [0.25, 0.3) is 0 Å². The van der Waals surface area contributed by atoms with Crippen LogP contribution in [0.4, 0.5) is 8.78 Å². The molecule has 0 radical (unpaired) electrons. The number of hydrogen-bond donors (Lipinski definition) is 2. The van der Waals surface area contributed by atoms with E-state index in [0.717, 1.165) is 0 Å². The van der Waals surface area contributed by atoms with Crippen molar-refractivity contribution < 1.29 is 23.4 Å². The monoisotopic (exact) mass is 247 g/mol. The molecule has 0 saturated carbocycles. The van der Waals surface area contributed by atoms with Crippen LogP contribution in [0.3, 0.4) is 0 Å². The van der Waals surface area contributed by atoms with Gasteiger partial charge in [0, 0.05) is 12.5 Å². The molecule has 0 aliphatic rings. The number of phenolic OH excluding ortho intramolecular Hbond substituents is 1. The third kappa shape index (κ3) is 3.20. The van der Waals surface area contributed by atoms with Crippen molar-refractivity contribution in [2.75, 3.05) is 14.2 Å². The lowest BCUT2D eigenvalue weighted by molar-refractivity contribution is 0.128. The Balaban J connectivity index is 3.08. The zero-order chi connectivity index (χ0) is 13.0. The first-order valence-corrected chi connectivity index (χ1v) is 4.98. The van der Waals surface area contributed by atoms with Crippen LogP contribution in [0.15, 0.2) is 12.1 Å². The summed E-state index contributed by atoms with van der Waals surface area (Å²) in [5.74, 6) is 0.108. The lowest BCUT2D eigenvalue weighted by Gasteiger charge is -2.15. The van der Waals surface area contributed by atoms with E-state index in [1.165, 1.54) is 26.4 Å². The molecule has 0 aromatic heterocycles. The summed E-state index contributed by atoms with van der Waals surface area (Å²) >= 11 is 0. The highest BCUT2D eigenvalue weighted by Gasteiger charge is 2.18. The second-order valence-electron chi connectivity index (χ2n) is 3.51. The fourth-order valence-electron chi connectivity index (χ4n) is 1.46. The standard InChI is InChI=1S/C11H15F2NO3/c1-16-8-3-6(7(14)5-10(12)13)4-9(17-2)11(8)15/h3-4,7,10,15H,5,14H2,1-2H3/t7-/m0/s1. The molecule has 0 aliphatic heterocycles. The van der Waals surface area contributed by atoms with E-state index in [2.05, 4.69) is 0 Å². The van der Waals surface area contributed by atoms with Crippen LogP contribution in [-0.2, 0) is 0 Å². The van der Waals surface area contributed by atoms with Gasteiger partial charge in [-0.3, -0.25) is 0 Å². The smallest absolute Gasteiger partial charge is 0.240 e. The van der Waals surface area contributed by atoms with Gasteiger partial charge in [-0.15, -0.1) is 0 Å². The third-order valence-electron chi connectivity index (χ3n) is 2.36. The van der Waals surface area contributed by atoms with Gasteiger partial charge in [-0.1, -0.05) is 0 Å². The highest BCUT2D eigenvalue weighted by Crippen LogP contribution is 2.39. The molecule has 96 valence electrons. The number of ether oxygens (including phenoxy) is 2. The van der Waals surface area contributed by atoms with Crippen molar-refractivity contribution >= 4 is 0 Å². The molecule has 1 atom stereocenters. The molecule has 0 fully saturated rings. The molecule has 0 saturated heterocycles. The molecule has 0 amide bonds. The summed E-state index contributed by atoms with van der Waals surface area (Å²) < 4.78 is 34.3. The van der Waals surface area contributed by atoms with Crippen LogP contribution in [-0.4, -0.2) is 25.8 Å². The minimum absolute atomic E-state index is 0.143. The second-order valence-corrected chi connectivity index (χ2v) is 3.51. The first-order chi connectivity index (χ1) is 7.99. The normalized spacial score (nSPS) is 12.6. The minimum atomic E-state index is -2.49. The van der Waals surface area contributed by atoms with Crippen molar-refractivity contribution in [3.05, 3.63) is 17.7 Å². The Labute approximate surface area is 97.9 Å². The Hall–Kier alpha value is -1.56. The van der Waals surface area contributed by atoms with Gasteiger partial charge in [-0.05, 0) is 17.7 Å². The summed E-state index contributed by atoms with van der Waals surface area (Å²) in [5.41, 5.74) is 6.05. The maximum atomic E-state index is 12.2. The molecule has 0 unspecified atom stereocenters. The number of halogens is 2. The Morgan fingerprint density at radius 2 is 1.71 bits per heavy atom. The van der Waals surface area contributed by atoms with Crippen molar-refractivity contribution in [2.24, 2.45) is 5.73 Å². The van der Waals surface area contributed by atoms with E-state index in [9.17, 15) is 13.9 Å². The average molecular weight is 247 g/mol. The van der Waals surface area contributed by atoms with E-state index in [-0.39, 0.29) is 17.2 Å². The minimum Gasteiger partial charge on any atom is -0.502 e. The van der Waals surface area contributed by atoms with Gasteiger partial charge in [0.2, 0.25) is 12.2 Å². The number of rotatable bonds is 5. The number of benzene rings is 1. The predicted octanol–water partition coefficient (Wildman–Crippen LogP) is 2.06. The molecule has 3 N–H and O–H groups in total. The Kier molecular flexibility index (Phi) is 4.51. The largest absolute Gasteiger partial charge is 0.502 e. The number of methoxy groups -OCH3 is 2. The van der Waals surface area contributed by atoms with Gasteiger partial charge < -0.3 is 20.3 Å². The van der Waals surface area contributed by atoms with E-state index >= 15 is 0 Å². The van der Waals surface area contributed by atoms with Crippen LogP contribution in [0, 0.1) is 0 Å². The summed E-state index contributed by atoms with van der Waals surface area (Å²) in [5, 5.41) is 9.64. The van der Waals surface area contributed by atoms with Gasteiger partial charge in [-0.2, -0.15) is 0 Å². The molecule has 0 heterocycles. The molecule has 1 rings (SSSR count). The van der Waals surface area contributed by atoms with Crippen LogP contribution < -0.4 is 15.2 Å². The first kappa shape index (κ1) is 13.5. The van der Waals surface area contributed by atoms with Gasteiger partial charge in [0.1, 0.15) is 0 Å². The quantitative estimate of drug-likeness (QED) is 0.836. The average Bonchev–Trinajstić information content (AvgIpc) is 2.28. The first-order valence-electron chi connectivity index (χ1n) is 4.98. The zero-order valence-corrected chi connectivity index (χ0v) is 9.61. The molecule has 0 spiro atoms. The van der Waals surface area contributed by atoms with Crippen LogP contribution in [0.5, 0.6) is 17.2 Å². The maximum absolute atomic E-state index is 12.2. The van der Waals surface area contributed by atoms with Crippen LogP contribution in [0.1, 0.15) is 18.0 Å². The Morgan fingerprint density at radius 3 is 2.06 bits per heavy atom. The van der Waals surface area contributed by atoms with E-state index < -0.39 is 18.9 Å². The highest BCUT2D eigenvalue weighted by molar-refractivity contribution is 5.53. The third-order valence-corrected chi connectivity index (χ3v) is 2.36. The molecule has 0 bridgehead atoms. The van der Waals surface area contributed by atoms with Gasteiger partial charge in [0.25, 0.3) is 0 Å². The molecular weight excluding hydrogens is 232 g/mol. The molecule has 6 heteroatoms. The summed E-state index contributed by atoms with van der Waals surface area (Å²) in [6.07, 6.45) is -2.95. The predicted molar refractivity (Wildman–Crippen MR) is 58.8 cm³/mol. The van der Waals surface area contributed by atoms with Gasteiger partial charge in [-0.25, -0.2) is 8.78 Å². The topological polar surface area (TPSA) is 64.7 Å². The Bertz CT molecular complexity index is 360. The number of phenols is 1. The fourth-order valence-corrected chi connectivity index (χ4v) is 1.46. The number of hydrogen-bond acceptors (Lipinski definition) is 4. The van der Waals surface area contributed by atoms with E-state index in [1.54, 1.807) is 0 Å². The van der Waals surface area contributed by atoms with Crippen molar-refractivity contribution in [3.8, 4) is 17.2 Å². The zero-order valence-electron chi connectivity index (χ0n) is 9.61. The van der Waals surface area contributed by atoms with Gasteiger partial charge in [0.05, 0.1) is 14.2 Å². The van der Waals surface area contributed by atoms with Gasteiger partial charge >= 0.3 is 0 Å². The van der Waals surface area contributed by atoms with E-state index in [1.807, 2.05) is 0 Å². The number of aromatic hydroxyl groups is 1. The SMILES string of the molecule is COc1cc([C@@H](N)CC(F)F)cc(OC)c1O. The summed E-state index contributed by atoms with van der Waals surface area (Å²) in [6, 6.07) is 2.01. The molecule has 17 heavy (non-hydrogen) atoms. The summed E-state index contributed by atoms with van der Waals surface area (Å²) in [7, 11) is 2.72. The molecule has 4 nitrogen and oxygen atoms in total. The molecular formula is C11H15F2NO3. The van der Waals surface area contributed by atoms with E-state index in [4.69, 9.17) is 15.2 Å². The molecule has 1 aromatic rings. The number of alkyl halides is 2. The molecule has 1 aromatic carbocycles. The van der Waals surface area contributed by atoms with Crippen molar-refractivity contribution in [2.45, 2.75) is 18.9 Å². The lowest BCUT2D eigenvalue weighted by atomic mass is 10.0. The van der Waals surface area contributed by atoms with Crippen molar-refractivity contribution in [1.82, 2.24) is 0 Å². The number of nitrogens with two attached hydrogens (primary N) is 1. The summed E-state index contributed by atoms with van der Waals surface area (Å²) in [4.78, 5) is 0. The van der Waals surface area contributed by atoms with Crippen LogP contribution >= 0.6 is 0 Å². The Morgan fingerprint density at radius 1 is 1.24 bits per heavy atom. The van der Waals surface area contributed by atoms with E-state index in [0.29, 0.717) is 5.56 Å². The maximum Gasteiger partial charge on any atom is 0.240 e. The van der Waals surface area contributed by atoms with Gasteiger partial charge in [0.15, 0.2) is 11.5 Å². The van der Waals surface area contributed by atoms with Crippen molar-refractivity contribution in [3.63, 3.8) is 0 Å². The lowest BCUT2D eigenvalue weighted by Crippen LogP contribution is -2.14. The summed E-state index contributed by atoms with van der Waals surface area (Å²) in [6.45, 7) is 0. The van der Waals surface area contributed by atoms with Crippen molar-refractivity contribution in [1.29, 1.82) is 0 Å². The fraction of sp³-hybridized carbons (Fsp3) is 0.455. The van der Waals surface area contributed by atoms with Crippen LogP contribution in [0.2, 0.25) is 0 Å². The second kappa shape index (κ2) is 5.67. The molecule has 0 aliphatic carbocycles.